The van der Waals surface area contributed by atoms with Crippen LogP contribution in [0.15, 0.2) is 77.7 Å². The molecular weight excluding hydrogens is 455 g/mol. The normalized spacial score (nSPS) is 11.5. The monoisotopic (exact) mass is 474 g/mol. The van der Waals surface area contributed by atoms with Crippen LogP contribution in [-0.2, 0) is 9.59 Å². The summed E-state index contributed by atoms with van der Waals surface area (Å²) in [7, 11) is 0. The molecule has 1 unspecified atom stereocenters. The van der Waals surface area contributed by atoms with Crippen molar-refractivity contribution in [2.75, 3.05) is 17.2 Å². The summed E-state index contributed by atoms with van der Waals surface area (Å²) in [6.45, 7) is 1.73. The fourth-order valence-electron chi connectivity index (χ4n) is 2.56. The Morgan fingerprint density at radius 3 is 2.35 bits per heavy atom. The minimum atomic E-state index is -0.355. The topological polar surface area (TPSA) is 67.4 Å². The summed E-state index contributed by atoms with van der Waals surface area (Å²) >= 11 is 13.4. The molecule has 0 heterocycles. The lowest BCUT2D eigenvalue weighted by Crippen LogP contribution is -2.22. The zero-order valence-corrected chi connectivity index (χ0v) is 18.9. The molecule has 31 heavy (non-hydrogen) atoms. The number of anilines is 2. The number of nitrogens with one attached hydrogen (secondary N) is 2. The minimum absolute atomic E-state index is 0.0784. The van der Waals surface area contributed by atoms with Crippen molar-refractivity contribution in [1.29, 1.82) is 0 Å². The van der Waals surface area contributed by atoms with E-state index < -0.39 is 0 Å². The number of carbonyl (C=O) groups excluding carboxylic acids is 2. The lowest BCUT2D eigenvalue weighted by Gasteiger charge is -2.13. The number of halogens is 2. The van der Waals surface area contributed by atoms with E-state index in [0.29, 0.717) is 27.2 Å². The summed E-state index contributed by atoms with van der Waals surface area (Å²) in [4.78, 5) is 25.4. The molecule has 0 fully saturated rings. The van der Waals surface area contributed by atoms with Crippen LogP contribution in [0.1, 0.15) is 6.92 Å². The Morgan fingerprint density at radius 1 is 0.968 bits per heavy atom. The van der Waals surface area contributed by atoms with E-state index in [0.717, 1.165) is 4.90 Å². The fraction of sp³-hybridized carbons (Fsp3) is 0.130. The molecule has 0 saturated carbocycles. The Morgan fingerprint density at radius 2 is 1.68 bits per heavy atom. The quantitative estimate of drug-likeness (QED) is 0.385. The third-order valence-corrected chi connectivity index (χ3v) is 5.78. The maximum absolute atomic E-state index is 12.5. The van der Waals surface area contributed by atoms with Crippen LogP contribution < -0.4 is 15.4 Å². The first kappa shape index (κ1) is 23.0. The zero-order valence-electron chi connectivity index (χ0n) is 16.6. The molecular formula is C23H20Cl2N2O3S. The summed E-state index contributed by atoms with van der Waals surface area (Å²) in [5.41, 5.74) is 1.16. The highest BCUT2D eigenvalue weighted by Gasteiger charge is 2.16. The average Bonchev–Trinajstić information content (AvgIpc) is 2.76. The van der Waals surface area contributed by atoms with Crippen molar-refractivity contribution in [2.24, 2.45) is 0 Å². The number of thioether (sulfide) groups is 1. The predicted octanol–water partition coefficient (Wildman–Crippen LogP) is 6.13. The molecule has 0 bridgehead atoms. The van der Waals surface area contributed by atoms with Crippen LogP contribution in [0.2, 0.25) is 10.0 Å². The van der Waals surface area contributed by atoms with E-state index in [9.17, 15) is 9.59 Å². The second kappa shape index (κ2) is 11.1. The Kier molecular flexibility index (Phi) is 8.23. The molecule has 0 radical (unpaired) electrons. The van der Waals surface area contributed by atoms with Crippen molar-refractivity contribution >= 4 is 58.2 Å². The largest absolute Gasteiger partial charge is 0.484 e. The van der Waals surface area contributed by atoms with Gasteiger partial charge >= 0.3 is 0 Å². The van der Waals surface area contributed by atoms with Gasteiger partial charge in [0.15, 0.2) is 6.61 Å². The van der Waals surface area contributed by atoms with Crippen LogP contribution in [0.4, 0.5) is 11.4 Å². The molecule has 8 heteroatoms. The summed E-state index contributed by atoms with van der Waals surface area (Å²) < 4.78 is 5.43. The van der Waals surface area contributed by atoms with Crippen LogP contribution in [0.25, 0.3) is 0 Å². The van der Waals surface area contributed by atoms with Gasteiger partial charge in [0, 0.05) is 15.6 Å². The Bertz CT molecular complexity index is 1050. The Labute approximate surface area is 195 Å². The van der Waals surface area contributed by atoms with Gasteiger partial charge in [0.25, 0.3) is 5.91 Å². The van der Waals surface area contributed by atoms with Crippen LogP contribution in [0, 0.1) is 0 Å². The van der Waals surface area contributed by atoms with Crippen LogP contribution >= 0.6 is 35.0 Å². The lowest BCUT2D eigenvalue weighted by molar-refractivity contribution is -0.118. The van der Waals surface area contributed by atoms with E-state index in [4.69, 9.17) is 27.9 Å². The molecule has 160 valence electrons. The van der Waals surface area contributed by atoms with Crippen molar-refractivity contribution in [1.82, 2.24) is 0 Å². The maximum atomic E-state index is 12.5. The molecule has 0 saturated heterocycles. The van der Waals surface area contributed by atoms with E-state index in [-0.39, 0.29) is 23.7 Å². The number of benzene rings is 3. The van der Waals surface area contributed by atoms with E-state index in [2.05, 4.69) is 10.6 Å². The Balaban J connectivity index is 1.48. The summed E-state index contributed by atoms with van der Waals surface area (Å²) in [6, 6.07) is 21.3. The van der Waals surface area contributed by atoms with Gasteiger partial charge in [0.2, 0.25) is 5.91 Å². The molecule has 3 aromatic carbocycles. The zero-order chi connectivity index (χ0) is 22.2. The third kappa shape index (κ3) is 7.21. The molecule has 0 aliphatic carbocycles. The number of para-hydroxylation sites is 1. The van der Waals surface area contributed by atoms with Crippen molar-refractivity contribution < 1.29 is 14.3 Å². The van der Waals surface area contributed by atoms with Crippen molar-refractivity contribution in [3.05, 3.63) is 82.8 Å². The van der Waals surface area contributed by atoms with Gasteiger partial charge < -0.3 is 15.4 Å². The second-order valence-electron chi connectivity index (χ2n) is 6.55. The molecule has 2 N–H and O–H groups in total. The number of rotatable bonds is 8. The highest BCUT2D eigenvalue weighted by molar-refractivity contribution is 8.00. The van der Waals surface area contributed by atoms with Gasteiger partial charge in [0.05, 0.1) is 16.0 Å². The van der Waals surface area contributed by atoms with Gasteiger partial charge in [-0.2, -0.15) is 0 Å². The molecule has 3 aromatic rings. The van der Waals surface area contributed by atoms with Gasteiger partial charge in [-0.25, -0.2) is 0 Å². The maximum Gasteiger partial charge on any atom is 0.262 e. The minimum Gasteiger partial charge on any atom is -0.484 e. The molecule has 0 aliphatic heterocycles. The number of ether oxygens (including phenoxy) is 1. The fourth-order valence-corrected chi connectivity index (χ4v) is 3.89. The third-order valence-electron chi connectivity index (χ3n) is 4.12. The smallest absolute Gasteiger partial charge is 0.262 e. The van der Waals surface area contributed by atoms with Gasteiger partial charge in [-0.1, -0.05) is 41.4 Å². The van der Waals surface area contributed by atoms with Gasteiger partial charge in [-0.15, -0.1) is 11.8 Å². The van der Waals surface area contributed by atoms with E-state index >= 15 is 0 Å². The summed E-state index contributed by atoms with van der Waals surface area (Å²) in [5, 5.41) is 6.11. The van der Waals surface area contributed by atoms with Crippen molar-refractivity contribution in [3.8, 4) is 5.75 Å². The highest BCUT2D eigenvalue weighted by Crippen LogP contribution is 2.28. The molecule has 0 aromatic heterocycles. The number of hydrogen-bond acceptors (Lipinski definition) is 4. The summed E-state index contributed by atoms with van der Waals surface area (Å²) in [5.74, 6) is 0.207. The first-order chi connectivity index (χ1) is 14.9. The standard InChI is InChI=1S/C23H20Cl2N2O3S/c1-15(23(29)27-21-12-7-16(24)13-20(21)25)31-19-10-8-17(9-11-19)26-22(28)14-30-18-5-3-2-4-6-18/h2-13,15H,14H2,1H3,(H,26,28)(H,27,29). The molecule has 3 rings (SSSR count). The number of hydrogen-bond donors (Lipinski definition) is 2. The molecule has 0 spiro atoms. The van der Waals surface area contributed by atoms with Gasteiger partial charge in [0.1, 0.15) is 5.75 Å². The van der Waals surface area contributed by atoms with E-state index in [1.807, 2.05) is 30.3 Å². The van der Waals surface area contributed by atoms with Gasteiger partial charge in [-0.3, -0.25) is 9.59 Å². The first-order valence-corrected chi connectivity index (χ1v) is 11.0. The lowest BCUT2D eigenvalue weighted by atomic mass is 10.3. The first-order valence-electron chi connectivity index (χ1n) is 9.41. The molecule has 5 nitrogen and oxygen atoms in total. The number of amides is 2. The van der Waals surface area contributed by atoms with Gasteiger partial charge in [-0.05, 0) is 61.5 Å². The molecule has 1 atom stereocenters. The van der Waals surface area contributed by atoms with Crippen LogP contribution in [-0.4, -0.2) is 23.7 Å². The van der Waals surface area contributed by atoms with E-state index in [1.165, 1.54) is 11.8 Å². The average molecular weight is 475 g/mol. The SMILES string of the molecule is CC(Sc1ccc(NC(=O)COc2ccccc2)cc1)C(=O)Nc1ccc(Cl)cc1Cl. The second-order valence-corrected chi connectivity index (χ2v) is 8.81. The van der Waals surface area contributed by atoms with Crippen molar-refractivity contribution in [2.45, 2.75) is 17.1 Å². The molecule has 2 amide bonds. The number of carbonyl (C=O) groups is 2. The highest BCUT2D eigenvalue weighted by atomic mass is 35.5. The van der Waals surface area contributed by atoms with Crippen LogP contribution in [0.3, 0.4) is 0 Å². The van der Waals surface area contributed by atoms with Crippen molar-refractivity contribution in [3.63, 3.8) is 0 Å². The Hall–Kier alpha value is -2.67. The summed E-state index contributed by atoms with van der Waals surface area (Å²) in [6.07, 6.45) is 0. The van der Waals surface area contributed by atoms with E-state index in [1.54, 1.807) is 49.4 Å². The predicted molar refractivity (Wildman–Crippen MR) is 127 cm³/mol. The van der Waals surface area contributed by atoms with Crippen LogP contribution in [0.5, 0.6) is 5.75 Å². The molecule has 0 aliphatic rings.